The minimum Gasteiger partial charge on any atom is -0.363 e. The van der Waals surface area contributed by atoms with Crippen LogP contribution >= 0.6 is 15.9 Å². The van der Waals surface area contributed by atoms with Crippen LogP contribution in [0, 0.1) is 11.6 Å². The number of benzene rings is 1. The molecule has 3 aromatic rings. The summed E-state index contributed by atoms with van der Waals surface area (Å²) in [5, 5.41) is 3.06. The molecule has 20 heavy (non-hydrogen) atoms. The Morgan fingerprint density at radius 1 is 1.25 bits per heavy atom. The molecule has 4 nitrogen and oxygen atoms in total. The highest BCUT2D eigenvalue weighted by Gasteiger charge is 2.07. The summed E-state index contributed by atoms with van der Waals surface area (Å²) in [6.07, 6.45) is 5.24. The number of nitrogens with one attached hydrogen (secondary N) is 1. The van der Waals surface area contributed by atoms with E-state index < -0.39 is 11.6 Å². The Bertz CT molecular complexity index is 772. The standard InChI is InChI=1S/C13H9BrF2N4/c14-11-7-20-4-3-17-13(20)12(19-11)18-6-8-1-2-9(15)10(16)5-8/h1-5,7H,6H2,(H,18,19). The Kier molecular flexibility index (Phi) is 3.35. The topological polar surface area (TPSA) is 42.2 Å². The molecular weight excluding hydrogens is 330 g/mol. The fourth-order valence-corrected chi connectivity index (χ4v) is 2.25. The van der Waals surface area contributed by atoms with Crippen LogP contribution in [0.25, 0.3) is 5.65 Å². The summed E-state index contributed by atoms with van der Waals surface area (Å²) in [4.78, 5) is 8.47. The highest BCUT2D eigenvalue weighted by atomic mass is 79.9. The Morgan fingerprint density at radius 2 is 2.10 bits per heavy atom. The van der Waals surface area contributed by atoms with Gasteiger partial charge in [-0.05, 0) is 33.6 Å². The van der Waals surface area contributed by atoms with Gasteiger partial charge in [0.1, 0.15) is 4.60 Å². The van der Waals surface area contributed by atoms with Gasteiger partial charge in [-0.25, -0.2) is 18.7 Å². The summed E-state index contributed by atoms with van der Waals surface area (Å²) in [7, 11) is 0. The first kappa shape index (κ1) is 13.0. The van der Waals surface area contributed by atoms with Crippen molar-refractivity contribution in [1.82, 2.24) is 14.4 Å². The van der Waals surface area contributed by atoms with Crippen LogP contribution in [0.3, 0.4) is 0 Å². The molecule has 7 heteroatoms. The maximum Gasteiger partial charge on any atom is 0.180 e. The zero-order chi connectivity index (χ0) is 14.1. The lowest BCUT2D eigenvalue weighted by Gasteiger charge is -2.08. The molecule has 0 amide bonds. The summed E-state index contributed by atoms with van der Waals surface area (Å²) < 4.78 is 28.4. The number of hydrogen-bond acceptors (Lipinski definition) is 3. The van der Waals surface area contributed by atoms with Crippen molar-refractivity contribution in [2.75, 3.05) is 5.32 Å². The lowest BCUT2D eigenvalue weighted by atomic mass is 10.2. The van der Waals surface area contributed by atoms with Crippen LogP contribution < -0.4 is 5.32 Å². The van der Waals surface area contributed by atoms with Gasteiger partial charge >= 0.3 is 0 Å². The summed E-state index contributed by atoms with van der Waals surface area (Å²) in [5.41, 5.74) is 1.28. The Balaban J connectivity index is 1.86. The van der Waals surface area contributed by atoms with Gasteiger partial charge in [-0.3, -0.25) is 0 Å². The highest BCUT2D eigenvalue weighted by Crippen LogP contribution is 2.18. The second-order valence-corrected chi connectivity index (χ2v) is 4.98. The smallest absolute Gasteiger partial charge is 0.180 e. The Hall–Kier alpha value is -2.02. The van der Waals surface area contributed by atoms with Crippen molar-refractivity contribution in [2.45, 2.75) is 6.54 Å². The summed E-state index contributed by atoms with van der Waals surface area (Å²) in [6, 6.07) is 3.78. The van der Waals surface area contributed by atoms with E-state index in [0.29, 0.717) is 28.2 Å². The van der Waals surface area contributed by atoms with E-state index in [1.54, 1.807) is 18.6 Å². The number of fused-ring (bicyclic) bond motifs is 1. The van der Waals surface area contributed by atoms with E-state index in [-0.39, 0.29) is 0 Å². The minimum absolute atomic E-state index is 0.323. The number of halogens is 3. The molecule has 3 rings (SSSR count). The van der Waals surface area contributed by atoms with Crippen LogP contribution in [0.15, 0.2) is 41.4 Å². The third-order valence-electron chi connectivity index (χ3n) is 2.79. The average molecular weight is 339 g/mol. The molecule has 0 aliphatic heterocycles. The highest BCUT2D eigenvalue weighted by molar-refractivity contribution is 9.10. The number of nitrogens with zero attached hydrogens (tertiary/aromatic N) is 3. The monoisotopic (exact) mass is 338 g/mol. The maximum atomic E-state index is 13.1. The van der Waals surface area contributed by atoms with Crippen LogP contribution in [0.4, 0.5) is 14.6 Å². The number of hydrogen-bond donors (Lipinski definition) is 1. The van der Waals surface area contributed by atoms with Crippen LogP contribution in [-0.2, 0) is 6.54 Å². The maximum absolute atomic E-state index is 13.1. The van der Waals surface area contributed by atoms with Gasteiger partial charge in [-0.2, -0.15) is 0 Å². The average Bonchev–Trinajstić information content (AvgIpc) is 2.88. The van der Waals surface area contributed by atoms with E-state index in [1.165, 1.54) is 6.07 Å². The largest absolute Gasteiger partial charge is 0.363 e. The molecule has 2 heterocycles. The molecule has 0 fully saturated rings. The van der Waals surface area contributed by atoms with E-state index in [4.69, 9.17) is 0 Å². The second-order valence-electron chi connectivity index (χ2n) is 4.17. The van der Waals surface area contributed by atoms with Crippen molar-refractivity contribution < 1.29 is 8.78 Å². The molecule has 0 atom stereocenters. The van der Waals surface area contributed by atoms with Crippen molar-refractivity contribution in [2.24, 2.45) is 0 Å². The molecule has 0 aliphatic carbocycles. The third kappa shape index (κ3) is 2.49. The van der Waals surface area contributed by atoms with Crippen LogP contribution in [0.2, 0.25) is 0 Å². The van der Waals surface area contributed by atoms with E-state index in [9.17, 15) is 8.78 Å². The lowest BCUT2D eigenvalue weighted by Crippen LogP contribution is -2.05. The Labute approximate surface area is 121 Å². The van der Waals surface area contributed by atoms with E-state index >= 15 is 0 Å². The summed E-state index contributed by atoms with van der Waals surface area (Å²) in [6.45, 7) is 0.323. The fourth-order valence-electron chi connectivity index (χ4n) is 1.86. The zero-order valence-corrected chi connectivity index (χ0v) is 11.7. The number of aromatic nitrogens is 3. The fraction of sp³-hybridized carbons (Fsp3) is 0.0769. The van der Waals surface area contributed by atoms with Crippen LogP contribution in [-0.4, -0.2) is 14.4 Å². The van der Waals surface area contributed by atoms with E-state index in [2.05, 4.69) is 31.2 Å². The minimum atomic E-state index is -0.863. The molecule has 0 saturated carbocycles. The second kappa shape index (κ2) is 5.16. The third-order valence-corrected chi connectivity index (χ3v) is 3.17. The van der Waals surface area contributed by atoms with Gasteiger partial charge in [0.05, 0.1) is 0 Å². The van der Waals surface area contributed by atoms with Gasteiger partial charge in [0.15, 0.2) is 23.1 Å². The van der Waals surface area contributed by atoms with Gasteiger partial charge < -0.3 is 9.72 Å². The van der Waals surface area contributed by atoms with Gasteiger partial charge in [-0.15, -0.1) is 0 Å². The van der Waals surface area contributed by atoms with Gasteiger partial charge in [0.25, 0.3) is 0 Å². The van der Waals surface area contributed by atoms with E-state index in [0.717, 1.165) is 12.1 Å². The molecule has 0 radical (unpaired) electrons. The quantitative estimate of drug-likeness (QED) is 0.796. The van der Waals surface area contributed by atoms with Crippen molar-refractivity contribution >= 4 is 27.4 Å². The molecule has 0 saturated heterocycles. The molecule has 1 N–H and O–H groups in total. The summed E-state index contributed by atoms with van der Waals surface area (Å²) in [5.74, 6) is -1.16. The lowest BCUT2D eigenvalue weighted by molar-refractivity contribution is 0.507. The molecule has 0 unspecified atom stereocenters. The predicted octanol–water partition coefficient (Wildman–Crippen LogP) is 3.38. The molecule has 102 valence electrons. The van der Waals surface area contributed by atoms with Gasteiger partial charge in [-0.1, -0.05) is 6.07 Å². The van der Waals surface area contributed by atoms with E-state index in [1.807, 2.05) is 4.40 Å². The summed E-state index contributed by atoms with van der Waals surface area (Å²) >= 11 is 3.31. The Morgan fingerprint density at radius 3 is 2.90 bits per heavy atom. The number of rotatable bonds is 3. The van der Waals surface area contributed by atoms with Crippen molar-refractivity contribution in [3.05, 3.63) is 58.6 Å². The number of anilines is 1. The van der Waals surface area contributed by atoms with Crippen LogP contribution in [0.1, 0.15) is 5.56 Å². The molecule has 0 aliphatic rings. The molecule has 1 aromatic carbocycles. The molecular formula is C13H9BrF2N4. The first-order chi connectivity index (χ1) is 9.63. The van der Waals surface area contributed by atoms with Crippen molar-refractivity contribution in [3.8, 4) is 0 Å². The zero-order valence-electron chi connectivity index (χ0n) is 10.1. The van der Waals surface area contributed by atoms with Crippen LogP contribution in [0.5, 0.6) is 0 Å². The molecule has 2 aromatic heterocycles. The van der Waals surface area contributed by atoms with Crippen molar-refractivity contribution in [1.29, 1.82) is 0 Å². The SMILES string of the molecule is Fc1ccc(CNc2nc(Br)cn3ccnc23)cc1F. The van der Waals surface area contributed by atoms with Gasteiger partial charge in [0.2, 0.25) is 0 Å². The molecule has 0 bridgehead atoms. The first-order valence-electron chi connectivity index (χ1n) is 5.80. The van der Waals surface area contributed by atoms with Crippen molar-refractivity contribution in [3.63, 3.8) is 0 Å². The van der Waals surface area contributed by atoms with Gasteiger partial charge in [0, 0.05) is 25.1 Å². The predicted molar refractivity (Wildman–Crippen MR) is 74.4 cm³/mol. The number of imidazole rings is 1. The molecule has 0 spiro atoms. The first-order valence-corrected chi connectivity index (χ1v) is 6.60. The normalized spacial score (nSPS) is 10.9.